The number of rotatable bonds is 3. The van der Waals surface area contributed by atoms with E-state index < -0.39 is 23.8 Å². The molecule has 2 aromatic rings. The van der Waals surface area contributed by atoms with Crippen LogP contribution in [0.25, 0.3) is 0 Å². The topological polar surface area (TPSA) is 65.8 Å². The Labute approximate surface area is 158 Å². The van der Waals surface area contributed by atoms with Crippen molar-refractivity contribution < 1.29 is 27.2 Å². The number of halogens is 3. The van der Waals surface area contributed by atoms with Gasteiger partial charge in [-0.1, -0.05) is 12.1 Å². The molecule has 1 unspecified atom stereocenters. The zero-order chi connectivity index (χ0) is 20.1. The fourth-order valence-electron chi connectivity index (χ4n) is 3.46. The normalized spacial score (nSPS) is 19.9. The smallest absolute Gasteiger partial charge is 0.416 e. The molecule has 0 radical (unpaired) electrons. The van der Waals surface area contributed by atoms with E-state index in [0.717, 1.165) is 12.1 Å². The third kappa shape index (κ3) is 3.02. The van der Waals surface area contributed by atoms with Crippen LogP contribution in [0.4, 0.5) is 18.0 Å². The van der Waals surface area contributed by atoms with E-state index in [-0.39, 0.29) is 19.0 Å². The molecule has 0 saturated heterocycles. The Morgan fingerprint density at radius 1 is 1.18 bits per heavy atom. The van der Waals surface area contributed by atoms with Gasteiger partial charge >= 0.3 is 12.2 Å². The Bertz CT molecular complexity index is 949. The van der Waals surface area contributed by atoms with Crippen LogP contribution in [-0.2, 0) is 17.5 Å². The highest BCUT2D eigenvalue weighted by Crippen LogP contribution is 2.37. The van der Waals surface area contributed by atoms with Gasteiger partial charge in [0.2, 0.25) is 0 Å². The van der Waals surface area contributed by atoms with Gasteiger partial charge in [-0.15, -0.1) is 0 Å². The molecular formula is C19H16F3N3O3. The van der Waals surface area contributed by atoms with Crippen molar-refractivity contribution in [3.8, 4) is 0 Å². The first-order chi connectivity index (χ1) is 13.3. The maximum atomic E-state index is 13.0. The number of furan rings is 1. The maximum Gasteiger partial charge on any atom is 0.416 e. The van der Waals surface area contributed by atoms with Crippen molar-refractivity contribution in [2.75, 3.05) is 13.6 Å². The highest BCUT2D eigenvalue weighted by atomic mass is 19.4. The Morgan fingerprint density at radius 2 is 1.89 bits per heavy atom. The first-order valence-electron chi connectivity index (χ1n) is 8.52. The molecule has 1 N–H and O–H groups in total. The van der Waals surface area contributed by atoms with E-state index in [1.807, 2.05) is 0 Å². The quantitative estimate of drug-likeness (QED) is 0.873. The van der Waals surface area contributed by atoms with Crippen LogP contribution in [0.3, 0.4) is 0 Å². The predicted molar refractivity (Wildman–Crippen MR) is 91.6 cm³/mol. The van der Waals surface area contributed by atoms with Crippen LogP contribution in [0.5, 0.6) is 0 Å². The summed E-state index contributed by atoms with van der Waals surface area (Å²) in [5.41, 5.74) is 0.510. The second kappa shape index (κ2) is 6.43. The van der Waals surface area contributed by atoms with E-state index in [4.69, 9.17) is 4.42 Å². The predicted octanol–water partition coefficient (Wildman–Crippen LogP) is 3.29. The maximum absolute atomic E-state index is 13.0. The molecule has 6 nitrogen and oxygen atoms in total. The number of nitrogens with one attached hydrogen (secondary N) is 1. The lowest BCUT2D eigenvalue weighted by molar-refractivity contribution is -0.137. The first-order valence-corrected chi connectivity index (χ1v) is 8.52. The van der Waals surface area contributed by atoms with Crippen molar-refractivity contribution in [2.45, 2.75) is 18.8 Å². The van der Waals surface area contributed by atoms with Crippen LogP contribution < -0.4 is 5.32 Å². The van der Waals surface area contributed by atoms with E-state index >= 15 is 0 Å². The third-order valence-corrected chi connectivity index (χ3v) is 4.93. The number of amides is 3. The second-order valence-corrected chi connectivity index (χ2v) is 6.66. The minimum Gasteiger partial charge on any atom is -0.467 e. The summed E-state index contributed by atoms with van der Waals surface area (Å²) in [6.07, 6.45) is -2.95. The summed E-state index contributed by atoms with van der Waals surface area (Å²) in [6, 6.07) is 6.68. The number of urea groups is 1. The van der Waals surface area contributed by atoms with Gasteiger partial charge in [0.1, 0.15) is 5.76 Å². The van der Waals surface area contributed by atoms with Crippen molar-refractivity contribution >= 4 is 11.9 Å². The zero-order valence-electron chi connectivity index (χ0n) is 14.8. The van der Waals surface area contributed by atoms with Gasteiger partial charge in [-0.3, -0.25) is 9.69 Å². The number of benzene rings is 1. The van der Waals surface area contributed by atoms with E-state index in [1.165, 1.54) is 28.2 Å². The second-order valence-electron chi connectivity index (χ2n) is 6.66. The average molecular weight is 391 g/mol. The number of carbonyl (C=O) groups is 2. The fraction of sp³-hybridized carbons (Fsp3) is 0.263. The molecular weight excluding hydrogens is 375 g/mol. The van der Waals surface area contributed by atoms with Crippen LogP contribution in [0.1, 0.15) is 22.9 Å². The fourth-order valence-corrected chi connectivity index (χ4v) is 3.46. The van der Waals surface area contributed by atoms with Crippen LogP contribution in [0.15, 0.2) is 58.3 Å². The van der Waals surface area contributed by atoms with Crippen molar-refractivity contribution in [1.29, 1.82) is 0 Å². The van der Waals surface area contributed by atoms with E-state index in [0.29, 0.717) is 22.6 Å². The first kappa shape index (κ1) is 18.1. The van der Waals surface area contributed by atoms with Gasteiger partial charge in [0.15, 0.2) is 0 Å². The minimum absolute atomic E-state index is 0.218. The van der Waals surface area contributed by atoms with Crippen molar-refractivity contribution in [3.63, 3.8) is 0 Å². The summed E-state index contributed by atoms with van der Waals surface area (Å²) in [4.78, 5) is 28.2. The Morgan fingerprint density at radius 3 is 2.50 bits per heavy atom. The standard InChI is InChI=1S/C19H16F3N3O3/c1-24-14-10-25(9-13-3-2-8-28-13)17(26)15(14)16(23-18(24)27)11-4-6-12(7-5-11)19(20,21)22/h2-8,16H,9-10H2,1H3,(H,23,27). The number of nitrogens with zero attached hydrogens (tertiary/aromatic N) is 2. The molecule has 2 aliphatic rings. The number of hydrogen-bond donors (Lipinski definition) is 1. The summed E-state index contributed by atoms with van der Waals surface area (Å²) >= 11 is 0. The molecule has 3 amide bonds. The summed E-state index contributed by atoms with van der Waals surface area (Å²) in [7, 11) is 1.55. The Kier molecular flexibility index (Phi) is 4.17. The molecule has 9 heteroatoms. The van der Waals surface area contributed by atoms with Gasteiger partial charge in [0.25, 0.3) is 5.91 Å². The van der Waals surface area contributed by atoms with E-state index in [2.05, 4.69) is 5.32 Å². The molecule has 146 valence electrons. The van der Waals surface area contributed by atoms with Gasteiger partial charge in [0.05, 0.1) is 42.2 Å². The molecule has 0 saturated carbocycles. The number of alkyl halides is 3. The molecule has 0 aliphatic carbocycles. The highest BCUT2D eigenvalue weighted by molar-refractivity contribution is 6.01. The largest absolute Gasteiger partial charge is 0.467 e. The molecule has 4 rings (SSSR count). The molecule has 0 bridgehead atoms. The molecule has 3 heterocycles. The lowest BCUT2D eigenvalue weighted by Crippen LogP contribution is -2.45. The summed E-state index contributed by atoms with van der Waals surface area (Å²) in [6.45, 7) is 0.455. The van der Waals surface area contributed by atoms with Crippen molar-refractivity contribution in [3.05, 3.63) is 70.8 Å². The molecule has 1 aromatic carbocycles. The molecule has 0 spiro atoms. The van der Waals surface area contributed by atoms with Gasteiger partial charge in [-0.05, 0) is 29.8 Å². The highest BCUT2D eigenvalue weighted by Gasteiger charge is 2.43. The van der Waals surface area contributed by atoms with Crippen LogP contribution in [0, 0.1) is 0 Å². The monoisotopic (exact) mass is 391 g/mol. The summed E-state index contributed by atoms with van der Waals surface area (Å²) in [5, 5.41) is 2.70. The van der Waals surface area contributed by atoms with Gasteiger partial charge < -0.3 is 14.6 Å². The van der Waals surface area contributed by atoms with E-state index in [9.17, 15) is 22.8 Å². The van der Waals surface area contributed by atoms with Crippen LogP contribution >= 0.6 is 0 Å². The SMILES string of the molecule is CN1C(=O)NC(c2ccc(C(F)(F)F)cc2)C2=C1CN(Cc1ccco1)C2=O. The molecule has 28 heavy (non-hydrogen) atoms. The zero-order valence-corrected chi connectivity index (χ0v) is 14.8. The molecule has 1 atom stereocenters. The molecule has 2 aliphatic heterocycles. The molecule has 0 fully saturated rings. The summed E-state index contributed by atoms with van der Waals surface area (Å²) in [5.74, 6) is 0.310. The lowest BCUT2D eigenvalue weighted by Gasteiger charge is -2.31. The Balaban J connectivity index is 1.66. The lowest BCUT2D eigenvalue weighted by atomic mass is 9.95. The number of hydrogen-bond acceptors (Lipinski definition) is 3. The van der Waals surface area contributed by atoms with Crippen LogP contribution in [-0.4, -0.2) is 35.3 Å². The summed E-state index contributed by atoms with van der Waals surface area (Å²) < 4.78 is 43.8. The average Bonchev–Trinajstić information content (AvgIpc) is 3.27. The van der Waals surface area contributed by atoms with Gasteiger partial charge in [-0.25, -0.2) is 4.79 Å². The van der Waals surface area contributed by atoms with Crippen molar-refractivity contribution in [1.82, 2.24) is 15.1 Å². The van der Waals surface area contributed by atoms with Crippen LogP contribution in [0.2, 0.25) is 0 Å². The minimum atomic E-state index is -4.46. The number of likely N-dealkylation sites (N-methyl/N-ethyl adjacent to an activating group) is 1. The van der Waals surface area contributed by atoms with Crippen molar-refractivity contribution in [2.24, 2.45) is 0 Å². The van der Waals surface area contributed by atoms with E-state index in [1.54, 1.807) is 19.2 Å². The molecule has 1 aromatic heterocycles. The van der Waals surface area contributed by atoms with Gasteiger partial charge in [-0.2, -0.15) is 13.2 Å². The Hall–Kier alpha value is -3.23. The number of carbonyl (C=O) groups excluding carboxylic acids is 2. The third-order valence-electron chi connectivity index (χ3n) is 4.93. The van der Waals surface area contributed by atoms with Gasteiger partial charge in [0, 0.05) is 7.05 Å².